The van der Waals surface area contributed by atoms with E-state index in [9.17, 15) is 0 Å². The summed E-state index contributed by atoms with van der Waals surface area (Å²) in [6, 6.07) is 25.1. The highest BCUT2D eigenvalue weighted by molar-refractivity contribution is 5.84. The van der Waals surface area contributed by atoms with Crippen molar-refractivity contribution in [1.82, 2.24) is 9.55 Å². The molecule has 140 valence electrons. The third-order valence-electron chi connectivity index (χ3n) is 4.83. The highest BCUT2D eigenvalue weighted by Gasteiger charge is 2.10. The van der Waals surface area contributed by atoms with Crippen LogP contribution in [0.3, 0.4) is 0 Å². The highest BCUT2D eigenvalue weighted by atomic mass is 15.2. The molecule has 0 unspecified atom stereocenters. The molecule has 28 heavy (non-hydrogen) atoms. The summed E-state index contributed by atoms with van der Waals surface area (Å²) in [7, 11) is 4.08. The molecule has 0 atom stereocenters. The van der Waals surface area contributed by atoms with Crippen LogP contribution in [0.1, 0.15) is 16.7 Å². The van der Waals surface area contributed by atoms with Crippen molar-refractivity contribution >= 4 is 28.9 Å². The lowest BCUT2D eigenvalue weighted by atomic mass is 10.1. The van der Waals surface area contributed by atoms with Gasteiger partial charge in [0.2, 0.25) is 5.95 Å². The van der Waals surface area contributed by atoms with Gasteiger partial charge in [0.25, 0.3) is 0 Å². The Kier molecular flexibility index (Phi) is 4.94. The first kappa shape index (κ1) is 18.0. The fourth-order valence-corrected chi connectivity index (χ4v) is 3.18. The molecule has 0 N–H and O–H groups in total. The molecule has 0 aliphatic carbocycles. The minimum Gasteiger partial charge on any atom is -0.378 e. The summed E-state index contributed by atoms with van der Waals surface area (Å²) < 4.78 is 2.17. The number of fused-ring (bicyclic) bond motifs is 1. The molecule has 4 nitrogen and oxygen atoms in total. The van der Waals surface area contributed by atoms with Crippen LogP contribution in [0.4, 0.5) is 11.6 Å². The average Bonchev–Trinajstić information content (AvgIpc) is 3.06. The summed E-state index contributed by atoms with van der Waals surface area (Å²) in [5, 5.41) is 0. The van der Waals surface area contributed by atoms with E-state index < -0.39 is 0 Å². The zero-order valence-corrected chi connectivity index (χ0v) is 16.5. The molecule has 4 aromatic rings. The Morgan fingerprint density at radius 2 is 1.64 bits per heavy atom. The molecule has 0 saturated carbocycles. The van der Waals surface area contributed by atoms with Gasteiger partial charge in [-0.3, -0.25) is 0 Å². The van der Waals surface area contributed by atoms with E-state index in [2.05, 4.69) is 71.0 Å². The van der Waals surface area contributed by atoms with Crippen molar-refractivity contribution in [3.05, 3.63) is 89.5 Å². The van der Waals surface area contributed by atoms with Gasteiger partial charge < -0.3 is 9.47 Å². The Bertz CT molecular complexity index is 1100. The molecule has 3 aromatic carbocycles. The first-order valence-electron chi connectivity index (χ1n) is 9.42. The summed E-state index contributed by atoms with van der Waals surface area (Å²) in [5.41, 5.74) is 6.78. The van der Waals surface area contributed by atoms with Gasteiger partial charge in [0.15, 0.2) is 0 Å². The van der Waals surface area contributed by atoms with Crippen LogP contribution >= 0.6 is 0 Å². The van der Waals surface area contributed by atoms with Crippen LogP contribution in [-0.4, -0.2) is 29.9 Å². The second-order valence-electron chi connectivity index (χ2n) is 7.22. The van der Waals surface area contributed by atoms with Crippen LogP contribution in [0, 0.1) is 6.92 Å². The molecule has 0 radical (unpaired) electrons. The Balaban J connectivity index is 1.68. The molecular formula is C24H24N4. The third-order valence-corrected chi connectivity index (χ3v) is 4.83. The molecule has 0 bridgehead atoms. The molecule has 0 amide bonds. The summed E-state index contributed by atoms with van der Waals surface area (Å²) in [6.45, 7) is 2.85. The number of imidazole rings is 1. The van der Waals surface area contributed by atoms with Crippen molar-refractivity contribution in [2.24, 2.45) is 4.99 Å². The first-order valence-corrected chi connectivity index (χ1v) is 9.42. The van der Waals surface area contributed by atoms with Gasteiger partial charge in [0, 0.05) is 26.0 Å². The lowest BCUT2D eigenvalue weighted by molar-refractivity contribution is 0.827. The smallest absolute Gasteiger partial charge is 0.230 e. The number of para-hydroxylation sites is 2. The van der Waals surface area contributed by atoms with Crippen LogP contribution < -0.4 is 4.90 Å². The zero-order valence-electron chi connectivity index (χ0n) is 16.5. The molecule has 0 aliphatic rings. The summed E-state index contributed by atoms with van der Waals surface area (Å²) in [6.07, 6.45) is 1.88. The number of hydrogen-bond donors (Lipinski definition) is 0. The second-order valence-corrected chi connectivity index (χ2v) is 7.22. The van der Waals surface area contributed by atoms with Gasteiger partial charge in [-0.1, -0.05) is 54.1 Å². The maximum absolute atomic E-state index is 4.74. The number of rotatable bonds is 5. The van der Waals surface area contributed by atoms with Gasteiger partial charge in [-0.15, -0.1) is 0 Å². The normalized spacial score (nSPS) is 11.4. The van der Waals surface area contributed by atoms with Gasteiger partial charge in [0.1, 0.15) is 0 Å². The van der Waals surface area contributed by atoms with E-state index in [0.717, 1.165) is 29.1 Å². The summed E-state index contributed by atoms with van der Waals surface area (Å²) in [4.78, 5) is 11.5. The third kappa shape index (κ3) is 3.81. The molecular weight excluding hydrogens is 344 g/mol. The van der Waals surface area contributed by atoms with Gasteiger partial charge >= 0.3 is 0 Å². The number of aromatic nitrogens is 2. The van der Waals surface area contributed by atoms with Crippen molar-refractivity contribution in [3.8, 4) is 0 Å². The maximum Gasteiger partial charge on any atom is 0.230 e. The SMILES string of the molecule is Cc1ccc(Cn2c(/N=C/c3ccc(N(C)C)cc3)nc3ccccc32)cc1. The maximum atomic E-state index is 4.74. The number of aliphatic imine (C=N–C) groups is 1. The Morgan fingerprint density at radius 3 is 2.36 bits per heavy atom. The monoisotopic (exact) mass is 368 g/mol. The molecule has 1 aromatic heterocycles. The minimum atomic E-state index is 0.721. The molecule has 4 heteroatoms. The fourth-order valence-electron chi connectivity index (χ4n) is 3.18. The van der Waals surface area contributed by atoms with E-state index in [1.165, 1.54) is 16.8 Å². The lowest BCUT2D eigenvalue weighted by Gasteiger charge is -2.11. The molecule has 1 heterocycles. The Labute approximate surface area is 165 Å². The Morgan fingerprint density at radius 1 is 0.929 bits per heavy atom. The van der Waals surface area contributed by atoms with Crippen LogP contribution in [0.15, 0.2) is 77.8 Å². The van der Waals surface area contributed by atoms with Crippen LogP contribution in [0.25, 0.3) is 11.0 Å². The molecule has 0 saturated heterocycles. The quantitative estimate of drug-likeness (QED) is 0.453. The van der Waals surface area contributed by atoms with Crippen molar-refractivity contribution in [2.75, 3.05) is 19.0 Å². The Hall–Kier alpha value is -3.40. The van der Waals surface area contributed by atoms with Crippen LogP contribution in [-0.2, 0) is 6.54 Å². The van der Waals surface area contributed by atoms with E-state index >= 15 is 0 Å². The molecule has 0 spiro atoms. The van der Waals surface area contributed by atoms with Crippen molar-refractivity contribution in [3.63, 3.8) is 0 Å². The van der Waals surface area contributed by atoms with E-state index in [0.29, 0.717) is 0 Å². The molecule has 4 rings (SSSR count). The average molecular weight is 368 g/mol. The van der Waals surface area contributed by atoms with E-state index in [-0.39, 0.29) is 0 Å². The zero-order chi connectivity index (χ0) is 19.5. The van der Waals surface area contributed by atoms with Gasteiger partial charge in [-0.25, -0.2) is 9.98 Å². The topological polar surface area (TPSA) is 33.4 Å². The van der Waals surface area contributed by atoms with Crippen molar-refractivity contribution in [1.29, 1.82) is 0 Å². The minimum absolute atomic E-state index is 0.721. The number of hydrogen-bond acceptors (Lipinski definition) is 3. The second kappa shape index (κ2) is 7.69. The number of nitrogens with zero attached hydrogens (tertiary/aromatic N) is 4. The largest absolute Gasteiger partial charge is 0.378 e. The fraction of sp³-hybridized carbons (Fsp3) is 0.167. The first-order chi connectivity index (χ1) is 13.6. The van der Waals surface area contributed by atoms with Gasteiger partial charge in [-0.05, 0) is 42.3 Å². The highest BCUT2D eigenvalue weighted by Crippen LogP contribution is 2.23. The van der Waals surface area contributed by atoms with E-state index in [4.69, 9.17) is 9.98 Å². The standard InChI is InChI=1S/C24H24N4/c1-18-8-10-20(11-9-18)17-28-23-7-5-4-6-22(23)26-24(28)25-16-19-12-14-21(15-13-19)27(2)3/h4-16H,17H2,1-3H3/b25-16+. The number of aryl methyl sites for hydroxylation is 1. The predicted octanol–water partition coefficient (Wildman–Crippen LogP) is 5.21. The van der Waals surface area contributed by atoms with E-state index in [1.54, 1.807) is 0 Å². The molecule has 0 aliphatic heterocycles. The van der Waals surface area contributed by atoms with Crippen molar-refractivity contribution in [2.45, 2.75) is 13.5 Å². The number of anilines is 1. The van der Waals surface area contributed by atoms with Crippen LogP contribution in [0.2, 0.25) is 0 Å². The molecule has 0 fully saturated rings. The van der Waals surface area contributed by atoms with Gasteiger partial charge in [-0.2, -0.15) is 0 Å². The number of benzene rings is 3. The van der Waals surface area contributed by atoms with E-state index in [1.807, 2.05) is 38.5 Å². The van der Waals surface area contributed by atoms with Crippen LogP contribution in [0.5, 0.6) is 0 Å². The summed E-state index contributed by atoms with van der Waals surface area (Å²) in [5.74, 6) is 0.721. The van der Waals surface area contributed by atoms with Gasteiger partial charge in [0.05, 0.1) is 17.6 Å². The summed E-state index contributed by atoms with van der Waals surface area (Å²) >= 11 is 0. The predicted molar refractivity (Wildman–Crippen MR) is 118 cm³/mol. The lowest BCUT2D eigenvalue weighted by Crippen LogP contribution is -2.08. The van der Waals surface area contributed by atoms with Crippen molar-refractivity contribution < 1.29 is 0 Å².